The highest BCUT2D eigenvalue weighted by Gasteiger charge is 2.56. The minimum Gasteiger partial charge on any atom is -0.475 e. The third-order valence-electron chi connectivity index (χ3n) is 2.74. The number of pyridine rings is 1. The Labute approximate surface area is 99.0 Å². The molecule has 0 aromatic carbocycles. The van der Waals surface area contributed by atoms with Crippen LogP contribution >= 0.6 is 0 Å². The number of alkyl halides is 2. The summed E-state index contributed by atoms with van der Waals surface area (Å²) in [6.07, 6.45) is -0.703. The first-order valence-corrected chi connectivity index (χ1v) is 5.62. The van der Waals surface area contributed by atoms with Crippen molar-refractivity contribution < 1.29 is 13.5 Å². The Morgan fingerprint density at radius 1 is 1.35 bits per heavy atom. The van der Waals surface area contributed by atoms with Crippen LogP contribution in [0.15, 0.2) is 18.2 Å². The Morgan fingerprint density at radius 2 is 2.00 bits per heavy atom. The molecule has 0 bridgehead atoms. The number of aromatic nitrogens is 1. The second-order valence-corrected chi connectivity index (χ2v) is 4.89. The zero-order chi connectivity index (χ0) is 12.7. The molecule has 1 aromatic heterocycles. The van der Waals surface area contributed by atoms with Gasteiger partial charge in [0, 0.05) is 18.9 Å². The second kappa shape index (κ2) is 3.91. The molecular formula is C12H16F2N2O. The van der Waals surface area contributed by atoms with Gasteiger partial charge in [0.15, 0.2) is 0 Å². The zero-order valence-corrected chi connectivity index (χ0v) is 9.91. The van der Waals surface area contributed by atoms with Crippen LogP contribution in [-0.2, 0) is 5.54 Å². The predicted octanol–water partition coefficient (Wildman–Crippen LogP) is 2.45. The number of nitrogens with two attached hydrogens (primary N) is 1. The smallest absolute Gasteiger partial charge is 0.252 e. The van der Waals surface area contributed by atoms with E-state index in [0.29, 0.717) is 11.6 Å². The van der Waals surface area contributed by atoms with Crippen molar-refractivity contribution in [1.29, 1.82) is 0 Å². The zero-order valence-electron chi connectivity index (χ0n) is 9.91. The lowest BCUT2D eigenvalue weighted by atomic mass is 9.72. The van der Waals surface area contributed by atoms with Gasteiger partial charge >= 0.3 is 0 Å². The Bertz CT molecular complexity index is 413. The van der Waals surface area contributed by atoms with E-state index in [1.54, 1.807) is 18.2 Å². The first-order chi connectivity index (χ1) is 7.81. The largest absolute Gasteiger partial charge is 0.475 e. The maximum atomic E-state index is 12.9. The molecule has 0 unspecified atom stereocenters. The molecule has 0 atom stereocenters. The number of ether oxygens (including phenoxy) is 1. The van der Waals surface area contributed by atoms with Crippen LogP contribution in [0.5, 0.6) is 5.88 Å². The fraction of sp³-hybridized carbons (Fsp3) is 0.583. The molecular weight excluding hydrogens is 226 g/mol. The van der Waals surface area contributed by atoms with Gasteiger partial charge in [0.1, 0.15) is 0 Å². The quantitative estimate of drug-likeness (QED) is 0.885. The topological polar surface area (TPSA) is 48.1 Å². The number of nitrogens with zero attached hydrogens (tertiary/aromatic N) is 1. The Morgan fingerprint density at radius 3 is 2.53 bits per heavy atom. The summed E-state index contributed by atoms with van der Waals surface area (Å²) in [5.74, 6) is -2.23. The summed E-state index contributed by atoms with van der Waals surface area (Å²) in [6, 6.07) is 5.09. The third kappa shape index (κ3) is 2.54. The monoisotopic (exact) mass is 242 g/mol. The van der Waals surface area contributed by atoms with Crippen LogP contribution in [0.1, 0.15) is 32.4 Å². The summed E-state index contributed by atoms with van der Waals surface area (Å²) >= 11 is 0. The van der Waals surface area contributed by atoms with Crippen LogP contribution in [0, 0.1) is 0 Å². The Hall–Kier alpha value is -1.23. The normalized spacial score (nSPS) is 21.1. The molecule has 0 saturated heterocycles. The van der Waals surface area contributed by atoms with Crippen LogP contribution < -0.4 is 10.5 Å². The van der Waals surface area contributed by atoms with Gasteiger partial charge in [-0.1, -0.05) is 6.07 Å². The molecule has 2 rings (SSSR count). The molecule has 0 spiro atoms. The van der Waals surface area contributed by atoms with Crippen molar-refractivity contribution >= 4 is 0 Å². The fourth-order valence-electron chi connectivity index (χ4n) is 2.05. The highest BCUT2D eigenvalue weighted by Crippen LogP contribution is 2.49. The number of rotatable bonds is 3. The molecule has 1 fully saturated rings. The summed E-state index contributed by atoms with van der Waals surface area (Å²) in [5, 5.41) is 0. The molecule has 1 aromatic rings. The molecule has 2 N–H and O–H groups in total. The standard InChI is InChI=1S/C12H16F2N2O/c1-8(2)17-10-5-3-4-9(16-10)11(15)6-12(13,14)7-11/h3-5,8H,6-7,15H2,1-2H3. The summed E-state index contributed by atoms with van der Waals surface area (Å²) < 4.78 is 31.2. The minimum atomic E-state index is -2.66. The maximum Gasteiger partial charge on any atom is 0.252 e. The molecule has 0 radical (unpaired) electrons. The van der Waals surface area contributed by atoms with Crippen molar-refractivity contribution in [2.45, 2.75) is 44.3 Å². The first-order valence-electron chi connectivity index (χ1n) is 5.62. The van der Waals surface area contributed by atoms with E-state index < -0.39 is 11.5 Å². The van der Waals surface area contributed by atoms with Crippen LogP contribution in [0.4, 0.5) is 8.78 Å². The lowest BCUT2D eigenvalue weighted by molar-refractivity contribution is -0.126. The van der Waals surface area contributed by atoms with Gasteiger partial charge in [-0.2, -0.15) is 0 Å². The fourth-order valence-corrected chi connectivity index (χ4v) is 2.05. The molecule has 1 heterocycles. The average Bonchev–Trinajstić information content (AvgIpc) is 2.13. The van der Waals surface area contributed by atoms with E-state index in [1.165, 1.54) is 0 Å². The minimum absolute atomic E-state index is 0.00527. The lowest BCUT2D eigenvalue weighted by Crippen LogP contribution is -2.55. The number of hydrogen-bond acceptors (Lipinski definition) is 3. The molecule has 94 valence electrons. The third-order valence-corrected chi connectivity index (χ3v) is 2.74. The van der Waals surface area contributed by atoms with Gasteiger partial charge in [-0.05, 0) is 19.9 Å². The highest BCUT2D eigenvalue weighted by atomic mass is 19.3. The predicted molar refractivity (Wildman–Crippen MR) is 60.0 cm³/mol. The maximum absolute atomic E-state index is 12.9. The molecule has 5 heteroatoms. The van der Waals surface area contributed by atoms with E-state index in [1.807, 2.05) is 13.8 Å². The highest BCUT2D eigenvalue weighted by molar-refractivity contribution is 5.26. The molecule has 1 saturated carbocycles. The van der Waals surface area contributed by atoms with Gasteiger partial charge in [-0.25, -0.2) is 13.8 Å². The number of halogens is 2. The average molecular weight is 242 g/mol. The summed E-state index contributed by atoms with van der Waals surface area (Å²) in [7, 11) is 0. The van der Waals surface area contributed by atoms with Crippen molar-refractivity contribution in [3.63, 3.8) is 0 Å². The van der Waals surface area contributed by atoms with E-state index in [4.69, 9.17) is 10.5 Å². The van der Waals surface area contributed by atoms with Gasteiger partial charge in [0.25, 0.3) is 5.92 Å². The number of hydrogen-bond donors (Lipinski definition) is 1. The molecule has 1 aliphatic carbocycles. The van der Waals surface area contributed by atoms with Crippen LogP contribution in [-0.4, -0.2) is 17.0 Å². The van der Waals surface area contributed by atoms with Crippen LogP contribution in [0.3, 0.4) is 0 Å². The van der Waals surface area contributed by atoms with Crippen LogP contribution in [0.25, 0.3) is 0 Å². The second-order valence-electron chi connectivity index (χ2n) is 4.89. The van der Waals surface area contributed by atoms with Crippen molar-refractivity contribution in [3.8, 4) is 5.88 Å². The molecule has 1 aliphatic rings. The van der Waals surface area contributed by atoms with Gasteiger partial charge in [-0.3, -0.25) is 0 Å². The Balaban J connectivity index is 2.17. The van der Waals surface area contributed by atoms with Gasteiger partial charge in [0.2, 0.25) is 5.88 Å². The van der Waals surface area contributed by atoms with Crippen LogP contribution in [0.2, 0.25) is 0 Å². The van der Waals surface area contributed by atoms with Gasteiger partial charge in [-0.15, -0.1) is 0 Å². The van der Waals surface area contributed by atoms with Crippen molar-refractivity contribution in [2.24, 2.45) is 5.73 Å². The van der Waals surface area contributed by atoms with Crippen molar-refractivity contribution in [1.82, 2.24) is 4.98 Å². The Kier molecular flexibility index (Phi) is 2.81. The lowest BCUT2D eigenvalue weighted by Gasteiger charge is -2.43. The van der Waals surface area contributed by atoms with Crippen molar-refractivity contribution in [3.05, 3.63) is 23.9 Å². The summed E-state index contributed by atoms with van der Waals surface area (Å²) in [6.45, 7) is 3.76. The first kappa shape index (κ1) is 12.2. The van der Waals surface area contributed by atoms with Gasteiger partial charge in [0.05, 0.1) is 17.3 Å². The summed E-state index contributed by atoms with van der Waals surface area (Å²) in [5.41, 5.74) is 5.36. The molecule has 3 nitrogen and oxygen atoms in total. The molecule has 17 heavy (non-hydrogen) atoms. The molecule has 0 aliphatic heterocycles. The van der Waals surface area contributed by atoms with E-state index in [2.05, 4.69) is 4.98 Å². The van der Waals surface area contributed by atoms with Gasteiger partial charge < -0.3 is 10.5 Å². The molecule has 0 amide bonds. The van der Waals surface area contributed by atoms with Crippen molar-refractivity contribution in [2.75, 3.05) is 0 Å². The van der Waals surface area contributed by atoms with E-state index >= 15 is 0 Å². The van der Waals surface area contributed by atoms with E-state index in [-0.39, 0.29) is 18.9 Å². The van der Waals surface area contributed by atoms with E-state index in [9.17, 15) is 8.78 Å². The van der Waals surface area contributed by atoms with E-state index in [0.717, 1.165) is 0 Å². The SMILES string of the molecule is CC(C)Oc1cccc(C2(N)CC(F)(F)C2)n1. The summed E-state index contributed by atoms with van der Waals surface area (Å²) in [4.78, 5) is 4.19.